The molecule has 7 heteroatoms. The Morgan fingerprint density at radius 1 is 1.25 bits per heavy atom. The number of ketones is 1. The lowest BCUT2D eigenvalue weighted by atomic mass is 10.0. The molecule has 0 unspecified atom stereocenters. The lowest BCUT2D eigenvalue weighted by Gasteiger charge is -2.09. The minimum absolute atomic E-state index is 0.120. The highest BCUT2D eigenvalue weighted by Gasteiger charge is 2.22. The third kappa shape index (κ3) is 3.41. The summed E-state index contributed by atoms with van der Waals surface area (Å²) < 4.78 is 10.4. The van der Waals surface area contributed by atoms with Crippen LogP contribution in [0.15, 0.2) is 18.2 Å². The predicted octanol–water partition coefficient (Wildman–Crippen LogP) is 2.86. The van der Waals surface area contributed by atoms with Gasteiger partial charge in [0.25, 0.3) is 0 Å². The Labute approximate surface area is 143 Å². The number of aryl methyl sites for hydroxylation is 1. The molecule has 0 spiro atoms. The van der Waals surface area contributed by atoms with E-state index >= 15 is 0 Å². The normalized spacial score (nSPS) is 13.3. The number of rotatable bonds is 5. The number of carbonyl (C=O) groups excluding carboxylic acids is 2. The number of carbonyl (C=O) groups is 2. The lowest BCUT2D eigenvalue weighted by Crippen LogP contribution is -2.14. The van der Waals surface area contributed by atoms with E-state index in [1.54, 1.807) is 26.4 Å². The third-order valence-electron chi connectivity index (χ3n) is 3.83. The lowest BCUT2D eigenvalue weighted by molar-refractivity contribution is -0.115. The molecule has 24 heavy (non-hydrogen) atoms. The maximum atomic E-state index is 12.2. The van der Waals surface area contributed by atoms with Crippen molar-refractivity contribution in [3.63, 3.8) is 0 Å². The van der Waals surface area contributed by atoms with E-state index < -0.39 is 0 Å². The van der Waals surface area contributed by atoms with Crippen molar-refractivity contribution in [1.29, 1.82) is 0 Å². The van der Waals surface area contributed by atoms with Crippen LogP contribution in [0.1, 0.15) is 33.8 Å². The van der Waals surface area contributed by atoms with E-state index in [1.807, 2.05) is 6.07 Å². The Kier molecular flexibility index (Phi) is 4.80. The second kappa shape index (κ2) is 7.00. The number of thiazole rings is 1. The Morgan fingerprint density at radius 3 is 2.75 bits per heavy atom. The van der Waals surface area contributed by atoms with Gasteiger partial charge in [0.2, 0.25) is 5.91 Å². The summed E-state index contributed by atoms with van der Waals surface area (Å²) in [5.74, 6) is 1.14. The van der Waals surface area contributed by atoms with Crippen molar-refractivity contribution in [3.05, 3.63) is 34.3 Å². The Hall–Kier alpha value is -2.41. The predicted molar refractivity (Wildman–Crippen MR) is 91.3 cm³/mol. The molecule has 1 aliphatic carbocycles. The van der Waals surface area contributed by atoms with E-state index in [4.69, 9.17) is 9.47 Å². The minimum Gasteiger partial charge on any atom is -0.493 e. The number of fused-ring (bicyclic) bond motifs is 1. The molecule has 1 aromatic carbocycles. The molecular formula is C17H18N2O4S. The van der Waals surface area contributed by atoms with Crippen molar-refractivity contribution in [1.82, 2.24) is 4.98 Å². The summed E-state index contributed by atoms with van der Waals surface area (Å²) in [6.45, 7) is 0. The molecule has 1 aliphatic rings. The molecule has 0 saturated carbocycles. The van der Waals surface area contributed by atoms with Crippen LogP contribution < -0.4 is 14.8 Å². The summed E-state index contributed by atoms with van der Waals surface area (Å²) in [5, 5.41) is 3.27. The van der Waals surface area contributed by atoms with Crippen LogP contribution in [0.2, 0.25) is 0 Å². The van der Waals surface area contributed by atoms with Gasteiger partial charge in [-0.2, -0.15) is 0 Å². The molecule has 0 atom stereocenters. The molecule has 1 amide bonds. The second-order valence-corrected chi connectivity index (χ2v) is 6.48. The van der Waals surface area contributed by atoms with Crippen LogP contribution in [0, 0.1) is 0 Å². The molecule has 0 radical (unpaired) electrons. The molecule has 0 bridgehead atoms. The van der Waals surface area contributed by atoms with Crippen LogP contribution >= 0.6 is 11.3 Å². The number of nitrogens with zero attached hydrogens (tertiary/aromatic N) is 1. The fourth-order valence-electron chi connectivity index (χ4n) is 2.66. The zero-order valence-corrected chi connectivity index (χ0v) is 14.4. The first-order valence-electron chi connectivity index (χ1n) is 7.64. The second-order valence-electron chi connectivity index (χ2n) is 5.49. The standard InChI is InChI=1S/C17H18N2O4S/c1-22-13-7-6-10(8-14(13)23-2)9-15(21)19-17-18-11-4-3-5-12(20)16(11)24-17/h6-8H,3-5,9H2,1-2H3,(H,18,19,21). The minimum atomic E-state index is -0.180. The third-order valence-corrected chi connectivity index (χ3v) is 4.88. The summed E-state index contributed by atoms with van der Waals surface area (Å²) in [4.78, 5) is 29.1. The van der Waals surface area contributed by atoms with Crippen LogP contribution in [0.4, 0.5) is 5.13 Å². The van der Waals surface area contributed by atoms with Crippen molar-refractivity contribution in [3.8, 4) is 11.5 Å². The van der Waals surface area contributed by atoms with Crippen LogP contribution in [0.25, 0.3) is 0 Å². The highest BCUT2D eigenvalue weighted by atomic mass is 32.1. The van der Waals surface area contributed by atoms with Gasteiger partial charge >= 0.3 is 0 Å². The van der Waals surface area contributed by atoms with Gasteiger partial charge in [-0.3, -0.25) is 9.59 Å². The largest absolute Gasteiger partial charge is 0.493 e. The zero-order chi connectivity index (χ0) is 17.1. The van der Waals surface area contributed by atoms with Gasteiger partial charge in [0, 0.05) is 6.42 Å². The van der Waals surface area contributed by atoms with E-state index in [9.17, 15) is 9.59 Å². The average Bonchev–Trinajstić information content (AvgIpc) is 2.98. The van der Waals surface area contributed by atoms with Crippen molar-refractivity contribution in [2.24, 2.45) is 0 Å². The van der Waals surface area contributed by atoms with Gasteiger partial charge in [0.1, 0.15) is 0 Å². The van der Waals surface area contributed by atoms with Gasteiger partial charge in [-0.1, -0.05) is 17.4 Å². The number of Topliss-reactive ketones (excluding diaryl/α,β-unsaturated/α-hetero) is 1. The summed E-state index contributed by atoms with van der Waals surface area (Å²) >= 11 is 1.26. The Morgan fingerprint density at radius 2 is 2.04 bits per heavy atom. The van der Waals surface area contributed by atoms with Crippen molar-refractivity contribution in [2.45, 2.75) is 25.7 Å². The van der Waals surface area contributed by atoms with Gasteiger partial charge < -0.3 is 14.8 Å². The fraction of sp³-hybridized carbons (Fsp3) is 0.353. The number of anilines is 1. The fourth-order valence-corrected chi connectivity index (χ4v) is 3.66. The number of ether oxygens (including phenoxy) is 2. The summed E-state index contributed by atoms with van der Waals surface area (Å²) in [6.07, 6.45) is 2.38. The molecule has 1 N–H and O–H groups in total. The first-order chi connectivity index (χ1) is 11.6. The van der Waals surface area contributed by atoms with Crippen LogP contribution in [0.3, 0.4) is 0 Å². The van der Waals surface area contributed by atoms with Gasteiger partial charge in [0.15, 0.2) is 22.4 Å². The maximum absolute atomic E-state index is 12.2. The Balaban J connectivity index is 1.69. The van der Waals surface area contributed by atoms with E-state index in [2.05, 4.69) is 10.3 Å². The molecule has 0 fully saturated rings. The number of aromatic nitrogens is 1. The molecule has 3 rings (SSSR count). The monoisotopic (exact) mass is 346 g/mol. The maximum Gasteiger partial charge on any atom is 0.230 e. The van der Waals surface area contributed by atoms with E-state index in [1.165, 1.54) is 11.3 Å². The van der Waals surface area contributed by atoms with Gasteiger partial charge in [-0.05, 0) is 30.5 Å². The quantitative estimate of drug-likeness (QED) is 0.901. The van der Waals surface area contributed by atoms with Crippen molar-refractivity contribution in [2.75, 3.05) is 19.5 Å². The molecule has 1 aromatic heterocycles. The number of hydrogen-bond donors (Lipinski definition) is 1. The van der Waals surface area contributed by atoms with Gasteiger partial charge in [-0.25, -0.2) is 4.98 Å². The molecular weight excluding hydrogens is 328 g/mol. The summed E-state index contributed by atoms with van der Waals surface area (Å²) in [6, 6.07) is 5.36. The van der Waals surface area contributed by atoms with Crippen molar-refractivity contribution >= 4 is 28.2 Å². The number of amides is 1. The van der Waals surface area contributed by atoms with Crippen LogP contribution in [-0.4, -0.2) is 30.9 Å². The number of methoxy groups -OCH3 is 2. The van der Waals surface area contributed by atoms with E-state index in [0.717, 1.165) is 24.1 Å². The zero-order valence-electron chi connectivity index (χ0n) is 13.5. The van der Waals surface area contributed by atoms with Gasteiger partial charge in [-0.15, -0.1) is 0 Å². The molecule has 0 aliphatic heterocycles. The Bertz CT molecular complexity index is 785. The first kappa shape index (κ1) is 16.4. The van der Waals surface area contributed by atoms with Gasteiger partial charge in [0.05, 0.1) is 31.2 Å². The van der Waals surface area contributed by atoms with E-state index in [0.29, 0.717) is 27.9 Å². The average molecular weight is 346 g/mol. The molecule has 0 saturated heterocycles. The topological polar surface area (TPSA) is 77.5 Å². The molecule has 126 valence electrons. The smallest absolute Gasteiger partial charge is 0.230 e. The van der Waals surface area contributed by atoms with Crippen LogP contribution in [-0.2, 0) is 17.6 Å². The van der Waals surface area contributed by atoms with Crippen LogP contribution in [0.5, 0.6) is 11.5 Å². The molecule has 2 aromatic rings. The summed E-state index contributed by atoms with van der Waals surface area (Å²) in [7, 11) is 3.12. The first-order valence-corrected chi connectivity index (χ1v) is 8.46. The highest BCUT2D eigenvalue weighted by molar-refractivity contribution is 7.17. The molecule has 1 heterocycles. The number of benzene rings is 1. The highest BCUT2D eigenvalue weighted by Crippen LogP contribution is 2.30. The number of hydrogen-bond acceptors (Lipinski definition) is 6. The van der Waals surface area contributed by atoms with Crippen molar-refractivity contribution < 1.29 is 19.1 Å². The SMILES string of the molecule is COc1ccc(CC(=O)Nc2nc3c(s2)C(=O)CCC3)cc1OC. The summed E-state index contributed by atoms with van der Waals surface area (Å²) in [5.41, 5.74) is 1.61. The van der Waals surface area contributed by atoms with E-state index in [-0.39, 0.29) is 18.1 Å². The molecule has 6 nitrogen and oxygen atoms in total. The number of nitrogens with one attached hydrogen (secondary N) is 1.